The second-order valence-corrected chi connectivity index (χ2v) is 6.03. The summed E-state index contributed by atoms with van der Waals surface area (Å²) in [6.45, 7) is 10.5. The molecular weight excluding hydrogens is 254 g/mol. The average molecular weight is 279 g/mol. The molecule has 0 saturated carbocycles. The van der Waals surface area contributed by atoms with Crippen LogP contribution in [0, 0.1) is 0 Å². The molecule has 1 aromatic rings. The quantitative estimate of drug-likeness (QED) is 0.855. The molecule has 2 amide bonds. The molecule has 0 aromatic carbocycles. The Kier molecular flexibility index (Phi) is 4.65. The van der Waals surface area contributed by atoms with Gasteiger partial charge in [0.2, 0.25) is 0 Å². The molecule has 6 heteroatoms. The van der Waals surface area contributed by atoms with Gasteiger partial charge in [0.15, 0.2) is 0 Å². The molecule has 112 valence electrons. The number of hydrogen-bond donors (Lipinski definition) is 2. The first kappa shape index (κ1) is 14.8. The van der Waals surface area contributed by atoms with Crippen molar-refractivity contribution in [1.29, 1.82) is 0 Å². The van der Waals surface area contributed by atoms with Crippen molar-refractivity contribution in [2.75, 3.05) is 13.1 Å². The van der Waals surface area contributed by atoms with Crippen LogP contribution in [0.4, 0.5) is 4.79 Å². The Hall–Kier alpha value is -1.56. The number of rotatable bonds is 5. The molecule has 20 heavy (non-hydrogen) atoms. The number of carbonyl (C=O) groups is 1. The van der Waals surface area contributed by atoms with Gasteiger partial charge in [0.1, 0.15) is 0 Å². The van der Waals surface area contributed by atoms with Crippen LogP contribution in [0.1, 0.15) is 39.3 Å². The molecule has 0 spiro atoms. The number of nitrogens with zero attached hydrogens (tertiary/aromatic N) is 3. The molecule has 1 saturated heterocycles. The van der Waals surface area contributed by atoms with Gasteiger partial charge in [-0.1, -0.05) is 13.8 Å². The molecule has 1 fully saturated rings. The summed E-state index contributed by atoms with van der Waals surface area (Å²) in [5.74, 6) is 0. The van der Waals surface area contributed by atoms with E-state index >= 15 is 0 Å². The molecule has 1 aromatic heterocycles. The molecule has 6 nitrogen and oxygen atoms in total. The third-order valence-corrected chi connectivity index (χ3v) is 3.31. The minimum absolute atomic E-state index is 0.0186. The van der Waals surface area contributed by atoms with Gasteiger partial charge in [0, 0.05) is 43.5 Å². The summed E-state index contributed by atoms with van der Waals surface area (Å²) in [5.41, 5.74) is 1.18. The molecule has 1 aliphatic heterocycles. The van der Waals surface area contributed by atoms with Crippen LogP contribution in [0.2, 0.25) is 0 Å². The molecule has 2 heterocycles. The van der Waals surface area contributed by atoms with Crippen LogP contribution in [0.5, 0.6) is 0 Å². The van der Waals surface area contributed by atoms with E-state index in [1.165, 1.54) is 5.56 Å². The smallest absolute Gasteiger partial charge is 0.317 e. The Morgan fingerprint density at radius 2 is 2.05 bits per heavy atom. The van der Waals surface area contributed by atoms with Crippen molar-refractivity contribution < 1.29 is 4.79 Å². The lowest BCUT2D eigenvalue weighted by molar-refractivity contribution is 0.117. The van der Waals surface area contributed by atoms with E-state index in [-0.39, 0.29) is 12.1 Å². The Labute approximate surface area is 120 Å². The van der Waals surface area contributed by atoms with Gasteiger partial charge in [-0.2, -0.15) is 5.10 Å². The zero-order valence-electron chi connectivity index (χ0n) is 12.8. The SMILES string of the molecule is CC(C)NCc1cnn(C2CN(C(=O)NC(C)C)C2)c1. The van der Waals surface area contributed by atoms with E-state index in [0.717, 1.165) is 19.6 Å². The number of nitrogens with one attached hydrogen (secondary N) is 2. The van der Waals surface area contributed by atoms with Crippen LogP contribution < -0.4 is 10.6 Å². The lowest BCUT2D eigenvalue weighted by Gasteiger charge is -2.39. The lowest BCUT2D eigenvalue weighted by atomic mass is 10.1. The number of aromatic nitrogens is 2. The first-order chi connectivity index (χ1) is 9.45. The fourth-order valence-electron chi connectivity index (χ4n) is 2.12. The summed E-state index contributed by atoms with van der Waals surface area (Å²) in [5, 5.41) is 10.7. The van der Waals surface area contributed by atoms with Gasteiger partial charge in [0.05, 0.1) is 12.2 Å². The topological polar surface area (TPSA) is 62.2 Å². The fourth-order valence-corrected chi connectivity index (χ4v) is 2.12. The molecular formula is C14H25N5O. The van der Waals surface area contributed by atoms with E-state index in [2.05, 4.69) is 35.8 Å². The molecule has 0 radical (unpaired) electrons. The van der Waals surface area contributed by atoms with Crippen LogP contribution >= 0.6 is 0 Å². The highest BCUT2D eigenvalue weighted by Crippen LogP contribution is 2.20. The van der Waals surface area contributed by atoms with Crippen LogP contribution in [-0.4, -0.2) is 45.9 Å². The van der Waals surface area contributed by atoms with Crippen molar-refractivity contribution in [3.63, 3.8) is 0 Å². The van der Waals surface area contributed by atoms with E-state index < -0.39 is 0 Å². The van der Waals surface area contributed by atoms with Crippen LogP contribution in [0.3, 0.4) is 0 Å². The lowest BCUT2D eigenvalue weighted by Crippen LogP contribution is -2.55. The van der Waals surface area contributed by atoms with Crippen molar-refractivity contribution >= 4 is 6.03 Å². The number of amides is 2. The summed E-state index contributed by atoms with van der Waals surface area (Å²) in [7, 11) is 0. The molecule has 0 atom stereocenters. The number of urea groups is 1. The first-order valence-electron chi connectivity index (χ1n) is 7.27. The maximum absolute atomic E-state index is 11.8. The third kappa shape index (κ3) is 3.72. The molecule has 2 rings (SSSR count). The van der Waals surface area contributed by atoms with Crippen LogP contribution in [0.15, 0.2) is 12.4 Å². The predicted octanol–water partition coefficient (Wildman–Crippen LogP) is 1.36. The number of hydrogen-bond acceptors (Lipinski definition) is 3. The summed E-state index contributed by atoms with van der Waals surface area (Å²) in [4.78, 5) is 13.6. The van der Waals surface area contributed by atoms with E-state index in [1.54, 1.807) is 0 Å². The summed E-state index contributed by atoms with van der Waals surface area (Å²) < 4.78 is 1.97. The average Bonchev–Trinajstić information content (AvgIpc) is 2.71. The van der Waals surface area contributed by atoms with Crippen LogP contribution in [0.25, 0.3) is 0 Å². The van der Waals surface area contributed by atoms with E-state index in [0.29, 0.717) is 12.1 Å². The first-order valence-corrected chi connectivity index (χ1v) is 7.27. The van der Waals surface area contributed by atoms with Crippen molar-refractivity contribution in [1.82, 2.24) is 25.3 Å². The number of carbonyl (C=O) groups excluding carboxylic acids is 1. The Balaban J connectivity index is 1.79. The van der Waals surface area contributed by atoms with E-state index in [9.17, 15) is 4.79 Å². The van der Waals surface area contributed by atoms with Gasteiger partial charge in [-0.25, -0.2) is 4.79 Å². The third-order valence-electron chi connectivity index (χ3n) is 3.31. The molecule has 0 aliphatic carbocycles. The van der Waals surface area contributed by atoms with Gasteiger partial charge in [-0.3, -0.25) is 4.68 Å². The van der Waals surface area contributed by atoms with Crippen molar-refractivity contribution in [2.24, 2.45) is 0 Å². The summed E-state index contributed by atoms with van der Waals surface area (Å²) in [6.07, 6.45) is 3.96. The van der Waals surface area contributed by atoms with Crippen molar-refractivity contribution in [2.45, 2.75) is 52.4 Å². The molecule has 2 N–H and O–H groups in total. The Morgan fingerprint density at radius 1 is 1.35 bits per heavy atom. The van der Waals surface area contributed by atoms with Crippen molar-refractivity contribution in [3.8, 4) is 0 Å². The number of likely N-dealkylation sites (tertiary alicyclic amines) is 1. The molecule has 0 unspecified atom stereocenters. The zero-order valence-corrected chi connectivity index (χ0v) is 12.8. The fraction of sp³-hybridized carbons (Fsp3) is 0.714. The predicted molar refractivity (Wildman–Crippen MR) is 78.5 cm³/mol. The van der Waals surface area contributed by atoms with Gasteiger partial charge in [-0.15, -0.1) is 0 Å². The highest BCUT2D eigenvalue weighted by atomic mass is 16.2. The highest BCUT2D eigenvalue weighted by Gasteiger charge is 2.32. The maximum atomic E-state index is 11.8. The summed E-state index contributed by atoms with van der Waals surface area (Å²) >= 11 is 0. The Bertz CT molecular complexity index is 448. The molecule has 1 aliphatic rings. The summed E-state index contributed by atoms with van der Waals surface area (Å²) in [6, 6.07) is 0.975. The largest absolute Gasteiger partial charge is 0.336 e. The zero-order chi connectivity index (χ0) is 14.7. The van der Waals surface area contributed by atoms with Gasteiger partial charge in [-0.05, 0) is 13.8 Å². The van der Waals surface area contributed by atoms with Gasteiger partial charge < -0.3 is 15.5 Å². The normalized spacial score (nSPS) is 15.8. The monoisotopic (exact) mass is 279 g/mol. The minimum atomic E-state index is 0.0186. The second kappa shape index (κ2) is 6.26. The Morgan fingerprint density at radius 3 is 2.65 bits per heavy atom. The minimum Gasteiger partial charge on any atom is -0.336 e. The second-order valence-electron chi connectivity index (χ2n) is 6.03. The van der Waals surface area contributed by atoms with Crippen LogP contribution in [-0.2, 0) is 6.54 Å². The highest BCUT2D eigenvalue weighted by molar-refractivity contribution is 5.75. The molecule has 0 bridgehead atoms. The van der Waals surface area contributed by atoms with Gasteiger partial charge in [0.25, 0.3) is 0 Å². The van der Waals surface area contributed by atoms with E-state index in [4.69, 9.17) is 0 Å². The van der Waals surface area contributed by atoms with Gasteiger partial charge >= 0.3 is 6.03 Å². The maximum Gasteiger partial charge on any atom is 0.317 e. The standard InChI is InChI=1S/C14H25N5O/c1-10(2)15-5-12-6-16-19(7-12)13-8-18(9-13)14(20)17-11(3)4/h6-7,10-11,13,15H,5,8-9H2,1-4H3,(H,17,20). The van der Waals surface area contributed by atoms with E-state index in [1.807, 2.05) is 29.6 Å². The van der Waals surface area contributed by atoms with Crippen molar-refractivity contribution in [3.05, 3.63) is 18.0 Å².